The molecule has 0 aromatic carbocycles. The Morgan fingerprint density at radius 3 is 0.759 bits per heavy atom. The molecular formula is C77H128O6. The van der Waals surface area contributed by atoms with Crippen LogP contribution >= 0.6 is 0 Å². The summed E-state index contributed by atoms with van der Waals surface area (Å²) < 4.78 is 16.9. The summed E-state index contributed by atoms with van der Waals surface area (Å²) in [6.45, 7) is 6.40. The Labute approximate surface area is 513 Å². The summed E-state index contributed by atoms with van der Waals surface area (Å²) in [6, 6.07) is 0. The lowest BCUT2D eigenvalue weighted by Crippen LogP contribution is -2.30. The number of esters is 3. The molecular weight excluding hydrogens is 1020 g/mol. The van der Waals surface area contributed by atoms with E-state index in [1.165, 1.54) is 148 Å². The van der Waals surface area contributed by atoms with Crippen LogP contribution in [0.3, 0.4) is 0 Å². The number of hydrogen-bond donors (Lipinski definition) is 0. The lowest BCUT2D eigenvalue weighted by molar-refractivity contribution is -0.167. The number of hydrogen-bond acceptors (Lipinski definition) is 6. The third kappa shape index (κ3) is 68.2. The second kappa shape index (κ2) is 70.0. The molecule has 0 heterocycles. The number of unbranched alkanes of at least 4 members (excludes halogenated alkanes) is 29. The summed E-state index contributed by atoms with van der Waals surface area (Å²) in [5, 5.41) is 0. The van der Waals surface area contributed by atoms with Crippen LogP contribution < -0.4 is 0 Å². The van der Waals surface area contributed by atoms with Gasteiger partial charge in [0.2, 0.25) is 0 Å². The van der Waals surface area contributed by atoms with E-state index in [4.69, 9.17) is 14.2 Å². The van der Waals surface area contributed by atoms with Crippen molar-refractivity contribution in [3.63, 3.8) is 0 Å². The highest BCUT2D eigenvalue weighted by Crippen LogP contribution is 2.16. The van der Waals surface area contributed by atoms with Gasteiger partial charge in [0.1, 0.15) is 13.2 Å². The predicted molar refractivity (Wildman–Crippen MR) is 362 cm³/mol. The predicted octanol–water partition coefficient (Wildman–Crippen LogP) is 24.1. The van der Waals surface area contributed by atoms with Gasteiger partial charge in [-0.3, -0.25) is 14.4 Å². The molecule has 0 radical (unpaired) electrons. The summed E-state index contributed by atoms with van der Waals surface area (Å²) in [5.41, 5.74) is 0. The SMILES string of the molecule is CC/C=C\C/C=C\C/C=C\C/C=C\C/C=C\C/C=C\C/C=C\CCCCCCCCCCCCCCCC(=O)OCC(COC(=O)CCCCC/C=C\C/C=C\C/C=C\CC)OC(=O)CCCCCCCCC/C=C\CCCCCCCC. The monoisotopic (exact) mass is 1150 g/mol. The molecule has 0 aliphatic heterocycles. The van der Waals surface area contributed by atoms with Gasteiger partial charge in [-0.05, 0) is 135 Å². The van der Waals surface area contributed by atoms with E-state index in [0.717, 1.165) is 128 Å². The van der Waals surface area contributed by atoms with Crippen LogP contribution in [-0.2, 0) is 28.6 Å². The molecule has 0 bridgehead atoms. The summed E-state index contributed by atoms with van der Waals surface area (Å²) in [6.07, 6.45) is 99.1. The van der Waals surface area contributed by atoms with E-state index in [-0.39, 0.29) is 31.1 Å². The van der Waals surface area contributed by atoms with E-state index in [2.05, 4.69) is 154 Å². The molecule has 0 aromatic heterocycles. The van der Waals surface area contributed by atoms with E-state index in [0.29, 0.717) is 19.3 Å². The fourth-order valence-electron chi connectivity index (χ4n) is 9.49. The van der Waals surface area contributed by atoms with Crippen molar-refractivity contribution in [3.8, 4) is 0 Å². The Kier molecular flexibility index (Phi) is 66.3. The molecule has 6 heteroatoms. The molecule has 0 N–H and O–H groups in total. The summed E-state index contributed by atoms with van der Waals surface area (Å²) in [4.78, 5) is 38.3. The summed E-state index contributed by atoms with van der Waals surface area (Å²) in [5.74, 6) is -0.919. The number of allylic oxidation sites excluding steroid dienone is 22. The Hall–Kier alpha value is -4.45. The van der Waals surface area contributed by atoms with Crippen LogP contribution in [0.25, 0.3) is 0 Å². The second-order valence-electron chi connectivity index (χ2n) is 22.7. The number of ether oxygens (including phenoxy) is 3. The van der Waals surface area contributed by atoms with E-state index >= 15 is 0 Å². The lowest BCUT2D eigenvalue weighted by Gasteiger charge is -2.18. The highest BCUT2D eigenvalue weighted by Gasteiger charge is 2.19. The Morgan fingerprint density at radius 1 is 0.253 bits per heavy atom. The number of carbonyl (C=O) groups excluding carboxylic acids is 3. The van der Waals surface area contributed by atoms with Crippen LogP contribution in [0.1, 0.15) is 316 Å². The van der Waals surface area contributed by atoms with Crippen molar-refractivity contribution in [2.45, 2.75) is 322 Å². The van der Waals surface area contributed by atoms with Crippen molar-refractivity contribution in [1.82, 2.24) is 0 Å². The third-order valence-corrected chi connectivity index (χ3v) is 14.6. The van der Waals surface area contributed by atoms with Gasteiger partial charge in [0.15, 0.2) is 6.10 Å². The normalized spacial score (nSPS) is 13.0. The smallest absolute Gasteiger partial charge is 0.306 e. The summed E-state index contributed by atoms with van der Waals surface area (Å²) >= 11 is 0. The molecule has 0 aliphatic carbocycles. The first-order valence-corrected chi connectivity index (χ1v) is 34.7. The van der Waals surface area contributed by atoms with Gasteiger partial charge in [-0.1, -0.05) is 296 Å². The van der Waals surface area contributed by atoms with Gasteiger partial charge in [-0.15, -0.1) is 0 Å². The minimum atomic E-state index is -0.796. The second-order valence-corrected chi connectivity index (χ2v) is 22.7. The van der Waals surface area contributed by atoms with Crippen molar-refractivity contribution in [3.05, 3.63) is 134 Å². The Bertz CT molecular complexity index is 1750. The van der Waals surface area contributed by atoms with Crippen LogP contribution in [0.5, 0.6) is 0 Å². The van der Waals surface area contributed by atoms with Crippen molar-refractivity contribution >= 4 is 17.9 Å². The highest BCUT2D eigenvalue weighted by molar-refractivity contribution is 5.71. The molecule has 0 fully saturated rings. The van der Waals surface area contributed by atoms with Crippen molar-refractivity contribution in [2.24, 2.45) is 0 Å². The van der Waals surface area contributed by atoms with Gasteiger partial charge >= 0.3 is 17.9 Å². The minimum Gasteiger partial charge on any atom is -0.462 e. The topological polar surface area (TPSA) is 78.9 Å². The Balaban J connectivity index is 4.22. The first-order valence-electron chi connectivity index (χ1n) is 34.7. The zero-order valence-corrected chi connectivity index (χ0v) is 54.2. The average Bonchev–Trinajstić information content (AvgIpc) is 3.49. The molecule has 0 aromatic rings. The molecule has 0 aliphatic rings. The van der Waals surface area contributed by atoms with Crippen molar-refractivity contribution < 1.29 is 28.6 Å². The lowest BCUT2D eigenvalue weighted by atomic mass is 10.0. The van der Waals surface area contributed by atoms with Crippen LogP contribution in [0, 0.1) is 0 Å². The molecule has 0 spiro atoms. The van der Waals surface area contributed by atoms with Gasteiger partial charge < -0.3 is 14.2 Å². The van der Waals surface area contributed by atoms with Gasteiger partial charge in [0, 0.05) is 19.3 Å². The van der Waals surface area contributed by atoms with Crippen LogP contribution in [0.4, 0.5) is 0 Å². The van der Waals surface area contributed by atoms with E-state index in [1.807, 2.05) is 0 Å². The van der Waals surface area contributed by atoms with E-state index in [1.54, 1.807) is 0 Å². The van der Waals surface area contributed by atoms with Gasteiger partial charge in [0.25, 0.3) is 0 Å². The number of rotatable bonds is 62. The van der Waals surface area contributed by atoms with E-state index < -0.39 is 6.10 Å². The Morgan fingerprint density at radius 2 is 0.470 bits per heavy atom. The maximum absolute atomic E-state index is 12.9. The number of carbonyl (C=O) groups is 3. The van der Waals surface area contributed by atoms with Gasteiger partial charge in [-0.25, -0.2) is 0 Å². The molecule has 0 amide bonds. The zero-order chi connectivity index (χ0) is 59.9. The van der Waals surface area contributed by atoms with Crippen molar-refractivity contribution in [2.75, 3.05) is 13.2 Å². The maximum atomic E-state index is 12.9. The fourth-order valence-corrected chi connectivity index (χ4v) is 9.49. The van der Waals surface area contributed by atoms with Crippen LogP contribution in [0.15, 0.2) is 134 Å². The third-order valence-electron chi connectivity index (χ3n) is 14.6. The molecule has 1 unspecified atom stereocenters. The molecule has 0 saturated carbocycles. The van der Waals surface area contributed by atoms with Gasteiger partial charge in [0.05, 0.1) is 0 Å². The van der Waals surface area contributed by atoms with Crippen LogP contribution in [-0.4, -0.2) is 37.2 Å². The largest absolute Gasteiger partial charge is 0.462 e. The van der Waals surface area contributed by atoms with Crippen LogP contribution in [0.2, 0.25) is 0 Å². The van der Waals surface area contributed by atoms with Crippen molar-refractivity contribution in [1.29, 1.82) is 0 Å². The molecule has 472 valence electrons. The highest BCUT2D eigenvalue weighted by atomic mass is 16.6. The standard InChI is InChI=1S/C77H128O6/c1-4-7-10-13-16-19-22-25-27-29-30-31-32-33-34-35-36-37-38-39-40-41-42-43-44-45-46-48-49-52-55-58-61-64-67-70-76(79)82-73-74(72-81-75(78)69-66-63-60-57-54-51-24-21-18-15-12-9-6-3)83-77(80)71-68-65-62-59-56-53-50-47-28-26-23-20-17-14-11-8-5-2/h7,9-10,12,16,18-19,21,25-28,30-31,33-34,36-37,39-40,51,54,74H,4-6,8,11,13-15,17,20,22-24,29,32,35,38,41-50,52-53,55-73H2,1-3H3/b10-7-,12-9-,19-16-,21-18-,27-25-,28-26-,31-30-,34-33-,37-36-,40-39-,54-51-. The molecule has 0 rings (SSSR count). The first-order chi connectivity index (χ1) is 41.0. The van der Waals surface area contributed by atoms with Gasteiger partial charge in [-0.2, -0.15) is 0 Å². The molecule has 83 heavy (non-hydrogen) atoms. The first kappa shape index (κ1) is 78.5. The summed E-state index contributed by atoms with van der Waals surface area (Å²) in [7, 11) is 0. The quantitative estimate of drug-likeness (QED) is 0.0261. The molecule has 6 nitrogen and oxygen atoms in total. The van der Waals surface area contributed by atoms with E-state index in [9.17, 15) is 14.4 Å². The molecule has 1 atom stereocenters. The minimum absolute atomic E-state index is 0.0906. The zero-order valence-electron chi connectivity index (χ0n) is 54.2. The fraction of sp³-hybridized carbons (Fsp3) is 0.675. The molecule has 0 saturated heterocycles. The maximum Gasteiger partial charge on any atom is 0.306 e. The average molecular weight is 1150 g/mol.